The van der Waals surface area contributed by atoms with Crippen molar-refractivity contribution in [1.82, 2.24) is 10.2 Å². The third-order valence-electron chi connectivity index (χ3n) is 10.5. The summed E-state index contributed by atoms with van der Waals surface area (Å²) in [5, 5.41) is 21.4. The van der Waals surface area contributed by atoms with Crippen LogP contribution in [0.5, 0.6) is 0 Å². The first-order valence-electron chi connectivity index (χ1n) is 17.9. The highest BCUT2D eigenvalue weighted by molar-refractivity contribution is 5.76. The van der Waals surface area contributed by atoms with Gasteiger partial charge in [0.25, 0.3) is 0 Å². The highest BCUT2D eigenvalue weighted by Crippen LogP contribution is 2.53. The van der Waals surface area contributed by atoms with Gasteiger partial charge in [-0.1, -0.05) is 81.4 Å². The lowest BCUT2D eigenvalue weighted by Gasteiger charge is -2.41. The van der Waals surface area contributed by atoms with Gasteiger partial charge >= 0.3 is 5.97 Å². The van der Waals surface area contributed by atoms with Crippen molar-refractivity contribution >= 4 is 11.9 Å². The Kier molecular flexibility index (Phi) is 10.9. The van der Waals surface area contributed by atoms with E-state index in [1.165, 1.54) is 19.3 Å². The number of rotatable bonds is 13. The lowest BCUT2D eigenvalue weighted by atomic mass is 9.65. The van der Waals surface area contributed by atoms with Crippen molar-refractivity contribution in [3.63, 3.8) is 0 Å². The predicted octanol–water partition coefficient (Wildman–Crippen LogP) is 7.55. The smallest absolute Gasteiger partial charge is 0.303 e. The Hall–Kier alpha value is -3.56. The zero-order valence-electron chi connectivity index (χ0n) is 29.2. The fourth-order valence-corrected chi connectivity index (χ4v) is 8.66. The third kappa shape index (κ3) is 9.17. The standard InChI is InChI=1S/C41H52N2O6/c1-40(2)21-34-22-41(3,26-40)27-43(34)24-35-20-36(30-16-14-28(25-44)15-17-30)49-39(48-35)33-11-7-10-32(19-33)31-9-6-8-29(18-31)23-42-37(45)12-4-5-13-38(46)47/h6-11,14-19,34-36,39,44H,4-5,12-13,20-27H2,1-3H3,(H,42,45)(H,46,47). The van der Waals surface area contributed by atoms with Gasteiger partial charge in [-0.2, -0.15) is 0 Å². The summed E-state index contributed by atoms with van der Waals surface area (Å²) in [6.07, 6.45) is 5.31. The molecular weight excluding hydrogens is 616 g/mol. The normalized spacial score (nSPS) is 26.4. The second-order valence-corrected chi connectivity index (χ2v) is 15.7. The number of fused-ring (bicyclic) bond motifs is 2. The van der Waals surface area contributed by atoms with Gasteiger partial charge < -0.3 is 25.0 Å². The number of aliphatic hydroxyl groups excluding tert-OH is 1. The van der Waals surface area contributed by atoms with Crippen molar-refractivity contribution in [3.05, 3.63) is 95.1 Å². The Labute approximate surface area is 290 Å². The number of carboxylic acid groups (broad SMARTS) is 1. The van der Waals surface area contributed by atoms with Crippen LogP contribution in [0.4, 0.5) is 0 Å². The Balaban J connectivity index is 1.17. The third-order valence-corrected chi connectivity index (χ3v) is 10.5. The van der Waals surface area contributed by atoms with E-state index in [1.54, 1.807) is 0 Å². The molecule has 2 bridgehead atoms. The van der Waals surface area contributed by atoms with Crippen molar-refractivity contribution in [3.8, 4) is 11.1 Å². The molecule has 3 aromatic rings. The van der Waals surface area contributed by atoms with Crippen LogP contribution in [0.1, 0.15) is 107 Å². The lowest BCUT2D eigenvalue weighted by molar-refractivity contribution is -0.253. The van der Waals surface area contributed by atoms with Crippen molar-refractivity contribution < 1.29 is 29.3 Å². The highest BCUT2D eigenvalue weighted by Gasteiger charge is 2.50. The molecule has 6 rings (SSSR count). The van der Waals surface area contributed by atoms with Crippen LogP contribution in [0.25, 0.3) is 11.1 Å². The molecule has 3 aliphatic rings. The maximum absolute atomic E-state index is 12.3. The van der Waals surface area contributed by atoms with Gasteiger partial charge in [0.1, 0.15) is 0 Å². The molecule has 49 heavy (non-hydrogen) atoms. The number of nitrogens with one attached hydrogen (secondary N) is 1. The molecule has 0 radical (unpaired) electrons. The molecule has 1 amide bonds. The molecule has 2 saturated heterocycles. The number of ether oxygens (including phenoxy) is 2. The number of unbranched alkanes of at least 4 members (excludes halogenated alkanes) is 1. The number of aliphatic carboxylic acids is 1. The Morgan fingerprint density at radius 2 is 1.61 bits per heavy atom. The maximum atomic E-state index is 12.3. The Morgan fingerprint density at radius 1 is 0.878 bits per heavy atom. The molecule has 0 spiro atoms. The van der Waals surface area contributed by atoms with E-state index in [0.29, 0.717) is 42.7 Å². The van der Waals surface area contributed by atoms with E-state index in [2.05, 4.69) is 73.5 Å². The SMILES string of the molecule is CC1(C)CC2CC(C)(CN2CC2CC(c3ccc(CO)cc3)OC(c3cccc(-c4cccc(CNC(=O)CCCCC(=O)O)c4)c3)O2)C1. The zero-order valence-corrected chi connectivity index (χ0v) is 29.2. The van der Waals surface area contributed by atoms with Gasteiger partial charge in [-0.3, -0.25) is 14.5 Å². The van der Waals surface area contributed by atoms with Crippen LogP contribution in [0, 0.1) is 10.8 Å². The number of amides is 1. The first-order valence-corrected chi connectivity index (χ1v) is 17.9. The minimum atomic E-state index is -0.834. The minimum Gasteiger partial charge on any atom is -0.481 e. The van der Waals surface area contributed by atoms with Crippen molar-refractivity contribution in [2.24, 2.45) is 10.8 Å². The molecule has 0 aromatic heterocycles. The summed E-state index contributed by atoms with van der Waals surface area (Å²) in [6.45, 7) is 9.71. The Bertz CT molecular complexity index is 1610. The van der Waals surface area contributed by atoms with E-state index in [4.69, 9.17) is 14.6 Å². The van der Waals surface area contributed by atoms with Crippen molar-refractivity contribution in [2.45, 2.75) is 110 Å². The molecule has 8 nitrogen and oxygen atoms in total. The minimum absolute atomic E-state index is 0.00653. The quantitative estimate of drug-likeness (QED) is 0.161. The number of hydrogen-bond donors (Lipinski definition) is 3. The summed E-state index contributed by atoms with van der Waals surface area (Å²) in [5.74, 6) is -0.909. The number of carboxylic acids is 1. The van der Waals surface area contributed by atoms with Gasteiger partial charge in [0.2, 0.25) is 5.91 Å². The van der Waals surface area contributed by atoms with Crippen LogP contribution in [0.2, 0.25) is 0 Å². The van der Waals surface area contributed by atoms with E-state index in [-0.39, 0.29) is 31.1 Å². The van der Waals surface area contributed by atoms with Crippen molar-refractivity contribution in [1.29, 1.82) is 0 Å². The average molecular weight is 669 g/mol. The summed E-state index contributed by atoms with van der Waals surface area (Å²) in [6, 6.07) is 25.2. The van der Waals surface area contributed by atoms with Crippen LogP contribution in [-0.4, -0.2) is 52.2 Å². The zero-order chi connectivity index (χ0) is 34.6. The van der Waals surface area contributed by atoms with E-state index in [9.17, 15) is 14.7 Å². The molecule has 2 heterocycles. The van der Waals surface area contributed by atoms with Crippen LogP contribution in [0.15, 0.2) is 72.8 Å². The largest absolute Gasteiger partial charge is 0.481 e. The van der Waals surface area contributed by atoms with E-state index in [1.807, 2.05) is 30.3 Å². The molecule has 1 saturated carbocycles. The second-order valence-electron chi connectivity index (χ2n) is 15.7. The summed E-state index contributed by atoms with van der Waals surface area (Å²) in [4.78, 5) is 25.7. The monoisotopic (exact) mass is 668 g/mol. The van der Waals surface area contributed by atoms with Gasteiger partial charge in [0, 0.05) is 50.5 Å². The number of likely N-dealkylation sites (tertiary alicyclic amines) is 1. The fraction of sp³-hybridized carbons (Fsp3) is 0.512. The molecule has 3 aromatic carbocycles. The predicted molar refractivity (Wildman–Crippen MR) is 189 cm³/mol. The number of nitrogens with zero attached hydrogens (tertiary/aromatic N) is 1. The summed E-state index contributed by atoms with van der Waals surface area (Å²) in [7, 11) is 0. The first-order chi connectivity index (χ1) is 23.5. The number of benzene rings is 3. The van der Waals surface area contributed by atoms with Gasteiger partial charge in [0.15, 0.2) is 6.29 Å². The molecule has 3 fully saturated rings. The number of hydrogen-bond acceptors (Lipinski definition) is 6. The molecule has 1 aliphatic carbocycles. The first kappa shape index (κ1) is 35.3. The number of aliphatic hydroxyl groups is 1. The van der Waals surface area contributed by atoms with E-state index in [0.717, 1.165) is 52.9 Å². The fourth-order valence-electron chi connectivity index (χ4n) is 8.66. The second kappa shape index (κ2) is 15.1. The number of carbonyl (C=O) groups excluding carboxylic acids is 1. The molecular formula is C41H52N2O6. The summed E-state index contributed by atoms with van der Waals surface area (Å²) in [5.41, 5.74) is 6.73. The molecule has 2 aliphatic heterocycles. The molecule has 3 N–H and O–H groups in total. The van der Waals surface area contributed by atoms with E-state index < -0.39 is 12.3 Å². The molecule has 5 atom stereocenters. The van der Waals surface area contributed by atoms with Gasteiger partial charge in [-0.05, 0) is 82.9 Å². The van der Waals surface area contributed by atoms with E-state index >= 15 is 0 Å². The topological polar surface area (TPSA) is 108 Å². The van der Waals surface area contributed by atoms with Crippen LogP contribution < -0.4 is 5.32 Å². The van der Waals surface area contributed by atoms with Gasteiger partial charge in [-0.15, -0.1) is 0 Å². The van der Waals surface area contributed by atoms with Gasteiger partial charge in [0.05, 0.1) is 18.8 Å². The molecule has 8 heteroatoms. The van der Waals surface area contributed by atoms with Crippen LogP contribution in [-0.2, 0) is 32.2 Å². The maximum Gasteiger partial charge on any atom is 0.303 e. The van der Waals surface area contributed by atoms with Crippen LogP contribution in [0.3, 0.4) is 0 Å². The Morgan fingerprint density at radius 3 is 2.37 bits per heavy atom. The average Bonchev–Trinajstić information content (AvgIpc) is 3.32. The highest BCUT2D eigenvalue weighted by atomic mass is 16.7. The van der Waals surface area contributed by atoms with Gasteiger partial charge in [-0.25, -0.2) is 0 Å². The molecule has 5 unspecified atom stereocenters. The lowest BCUT2D eigenvalue weighted by Crippen LogP contribution is -2.42. The molecule has 262 valence electrons. The van der Waals surface area contributed by atoms with Crippen LogP contribution >= 0.6 is 0 Å². The number of carbonyl (C=O) groups is 2. The summed E-state index contributed by atoms with van der Waals surface area (Å²) < 4.78 is 13.5. The van der Waals surface area contributed by atoms with Crippen molar-refractivity contribution in [2.75, 3.05) is 13.1 Å². The summed E-state index contributed by atoms with van der Waals surface area (Å²) >= 11 is 0.